The van der Waals surface area contributed by atoms with Crippen molar-refractivity contribution in [2.75, 3.05) is 33.3 Å². The molecule has 0 aliphatic carbocycles. The van der Waals surface area contributed by atoms with Crippen molar-refractivity contribution in [2.24, 2.45) is 0 Å². The highest BCUT2D eigenvalue weighted by Crippen LogP contribution is 2.22. The van der Waals surface area contributed by atoms with Crippen LogP contribution < -0.4 is 4.74 Å². The fourth-order valence-electron chi connectivity index (χ4n) is 3.53. The Bertz CT molecular complexity index is 849. The molecule has 27 heavy (non-hydrogen) atoms. The molecule has 1 aliphatic rings. The molecular formula is C20H29N5OS. The normalized spacial score (nSPS) is 15.8. The minimum Gasteiger partial charge on any atom is -0.496 e. The molecule has 0 bridgehead atoms. The van der Waals surface area contributed by atoms with E-state index in [0.29, 0.717) is 6.54 Å². The van der Waals surface area contributed by atoms with Crippen molar-refractivity contribution in [2.45, 2.75) is 33.6 Å². The van der Waals surface area contributed by atoms with E-state index < -0.39 is 0 Å². The summed E-state index contributed by atoms with van der Waals surface area (Å²) in [5.74, 6) is 1.91. The Labute approximate surface area is 166 Å². The molecule has 0 atom stereocenters. The molecule has 2 aromatic rings. The van der Waals surface area contributed by atoms with Crippen LogP contribution in [0.25, 0.3) is 0 Å². The SMILES string of the molecule is C=CCn1c(C)nn(CN2CCN(Cc3cc(C)ccc3OC)CC2)c1=S. The van der Waals surface area contributed by atoms with Crippen LogP contribution in [0.15, 0.2) is 30.9 Å². The maximum Gasteiger partial charge on any atom is 0.199 e. The van der Waals surface area contributed by atoms with E-state index in [1.807, 2.05) is 22.2 Å². The molecule has 1 aromatic heterocycles. The molecule has 1 aliphatic heterocycles. The van der Waals surface area contributed by atoms with Gasteiger partial charge in [0.05, 0.1) is 13.8 Å². The number of rotatable bonds is 7. The maximum absolute atomic E-state index is 5.56. The molecule has 6 nitrogen and oxygen atoms in total. The highest BCUT2D eigenvalue weighted by molar-refractivity contribution is 7.71. The first-order valence-electron chi connectivity index (χ1n) is 9.35. The van der Waals surface area contributed by atoms with Crippen LogP contribution in [0.3, 0.4) is 0 Å². The fraction of sp³-hybridized carbons (Fsp3) is 0.500. The van der Waals surface area contributed by atoms with Crippen molar-refractivity contribution in [1.29, 1.82) is 0 Å². The zero-order valence-electron chi connectivity index (χ0n) is 16.5. The van der Waals surface area contributed by atoms with Crippen LogP contribution in [0.4, 0.5) is 0 Å². The monoisotopic (exact) mass is 387 g/mol. The van der Waals surface area contributed by atoms with Crippen LogP contribution in [-0.2, 0) is 19.8 Å². The molecule has 1 fully saturated rings. The zero-order valence-corrected chi connectivity index (χ0v) is 17.3. The van der Waals surface area contributed by atoms with E-state index in [1.54, 1.807) is 7.11 Å². The second-order valence-corrected chi connectivity index (χ2v) is 7.44. The molecule has 0 saturated carbocycles. The van der Waals surface area contributed by atoms with E-state index in [4.69, 9.17) is 17.0 Å². The van der Waals surface area contributed by atoms with Crippen molar-refractivity contribution in [3.05, 3.63) is 52.6 Å². The predicted octanol–water partition coefficient (Wildman–Crippen LogP) is 3.00. The van der Waals surface area contributed by atoms with Gasteiger partial charge in [-0.05, 0) is 32.1 Å². The number of benzene rings is 1. The van der Waals surface area contributed by atoms with Gasteiger partial charge >= 0.3 is 0 Å². The Kier molecular flexibility index (Phi) is 6.46. The number of ether oxygens (including phenoxy) is 1. The summed E-state index contributed by atoms with van der Waals surface area (Å²) in [7, 11) is 1.74. The number of nitrogens with zero attached hydrogens (tertiary/aromatic N) is 5. The average molecular weight is 388 g/mol. The molecule has 0 unspecified atom stereocenters. The smallest absolute Gasteiger partial charge is 0.199 e. The van der Waals surface area contributed by atoms with Crippen molar-refractivity contribution in [3.63, 3.8) is 0 Å². The molecule has 0 N–H and O–H groups in total. The zero-order chi connectivity index (χ0) is 19.4. The van der Waals surface area contributed by atoms with Crippen molar-refractivity contribution >= 4 is 12.2 Å². The fourth-order valence-corrected chi connectivity index (χ4v) is 3.84. The summed E-state index contributed by atoms with van der Waals surface area (Å²) in [6.45, 7) is 14.3. The number of methoxy groups -OCH3 is 1. The van der Waals surface area contributed by atoms with Gasteiger partial charge in [0.1, 0.15) is 11.6 Å². The summed E-state index contributed by atoms with van der Waals surface area (Å²) >= 11 is 5.56. The standard InChI is InChI=1S/C20H29N5OS/c1-5-8-24-17(3)21-25(20(24)27)15-23-11-9-22(10-12-23)14-18-13-16(2)6-7-19(18)26-4/h5-7,13H,1,8-12,14-15H2,2-4H3. The van der Waals surface area contributed by atoms with Crippen LogP contribution in [0, 0.1) is 18.6 Å². The van der Waals surface area contributed by atoms with E-state index in [-0.39, 0.29) is 0 Å². The van der Waals surface area contributed by atoms with Crippen LogP contribution in [0.2, 0.25) is 0 Å². The summed E-state index contributed by atoms with van der Waals surface area (Å²) in [6, 6.07) is 6.38. The average Bonchev–Trinajstić information content (AvgIpc) is 2.91. The van der Waals surface area contributed by atoms with E-state index in [2.05, 4.69) is 46.6 Å². The second-order valence-electron chi connectivity index (χ2n) is 7.08. The van der Waals surface area contributed by atoms with Gasteiger partial charge in [0.2, 0.25) is 0 Å². The topological polar surface area (TPSA) is 38.5 Å². The largest absolute Gasteiger partial charge is 0.496 e. The van der Waals surface area contributed by atoms with Gasteiger partial charge in [0.15, 0.2) is 4.77 Å². The molecule has 0 amide bonds. The Morgan fingerprint density at radius 2 is 1.89 bits per heavy atom. The first-order chi connectivity index (χ1) is 13.0. The first kappa shape index (κ1) is 19.8. The van der Waals surface area contributed by atoms with Crippen LogP contribution in [0.1, 0.15) is 17.0 Å². The van der Waals surface area contributed by atoms with E-state index >= 15 is 0 Å². The molecule has 146 valence electrons. The summed E-state index contributed by atoms with van der Waals surface area (Å²) in [6.07, 6.45) is 1.85. The van der Waals surface area contributed by atoms with E-state index in [9.17, 15) is 0 Å². The van der Waals surface area contributed by atoms with Gasteiger partial charge in [-0.3, -0.25) is 9.80 Å². The summed E-state index contributed by atoms with van der Waals surface area (Å²) in [5, 5.41) is 4.60. The van der Waals surface area contributed by atoms with Gasteiger partial charge in [-0.1, -0.05) is 23.8 Å². The molecule has 0 radical (unpaired) electrons. The lowest BCUT2D eigenvalue weighted by molar-refractivity contribution is 0.0974. The highest BCUT2D eigenvalue weighted by Gasteiger charge is 2.19. The number of aryl methyl sites for hydroxylation is 2. The molecular weight excluding hydrogens is 358 g/mol. The van der Waals surface area contributed by atoms with Gasteiger partial charge in [-0.2, -0.15) is 5.10 Å². The summed E-state index contributed by atoms with van der Waals surface area (Å²) in [5.41, 5.74) is 2.52. The molecule has 3 rings (SSSR count). The first-order valence-corrected chi connectivity index (χ1v) is 9.76. The van der Waals surface area contributed by atoms with Gasteiger partial charge in [0, 0.05) is 44.8 Å². The highest BCUT2D eigenvalue weighted by atomic mass is 32.1. The van der Waals surface area contributed by atoms with Crippen LogP contribution in [-0.4, -0.2) is 57.4 Å². The molecule has 1 aromatic carbocycles. The van der Waals surface area contributed by atoms with Gasteiger partial charge in [-0.25, -0.2) is 4.68 Å². The van der Waals surface area contributed by atoms with Gasteiger partial charge in [-0.15, -0.1) is 6.58 Å². The minimum absolute atomic E-state index is 0.705. The van der Waals surface area contributed by atoms with Crippen molar-refractivity contribution in [3.8, 4) is 5.75 Å². The van der Waals surface area contributed by atoms with Crippen molar-refractivity contribution in [1.82, 2.24) is 24.1 Å². The van der Waals surface area contributed by atoms with Crippen LogP contribution >= 0.6 is 12.2 Å². The lowest BCUT2D eigenvalue weighted by Gasteiger charge is -2.34. The lowest BCUT2D eigenvalue weighted by Crippen LogP contribution is -2.46. The quantitative estimate of drug-likeness (QED) is 0.539. The van der Waals surface area contributed by atoms with Crippen LogP contribution in [0.5, 0.6) is 5.75 Å². The number of hydrogen-bond donors (Lipinski definition) is 0. The summed E-state index contributed by atoms with van der Waals surface area (Å²) < 4.78 is 10.2. The third-order valence-electron chi connectivity index (χ3n) is 5.05. The number of aromatic nitrogens is 3. The van der Waals surface area contributed by atoms with Gasteiger partial charge < -0.3 is 9.30 Å². The molecule has 7 heteroatoms. The predicted molar refractivity (Wildman–Crippen MR) is 111 cm³/mol. The lowest BCUT2D eigenvalue weighted by atomic mass is 10.1. The molecule has 1 saturated heterocycles. The van der Waals surface area contributed by atoms with E-state index in [1.165, 1.54) is 11.1 Å². The molecule has 2 heterocycles. The Morgan fingerprint density at radius 3 is 2.56 bits per heavy atom. The third kappa shape index (κ3) is 4.66. The summed E-state index contributed by atoms with van der Waals surface area (Å²) in [4.78, 5) is 4.89. The number of hydrogen-bond acceptors (Lipinski definition) is 5. The maximum atomic E-state index is 5.56. The van der Waals surface area contributed by atoms with Gasteiger partial charge in [0.25, 0.3) is 0 Å². The Hall–Kier alpha value is -1.96. The Balaban J connectivity index is 1.58. The number of piperazine rings is 1. The minimum atomic E-state index is 0.705. The second kappa shape index (κ2) is 8.82. The van der Waals surface area contributed by atoms with Crippen molar-refractivity contribution < 1.29 is 4.74 Å². The Morgan fingerprint density at radius 1 is 1.19 bits per heavy atom. The number of allylic oxidation sites excluding steroid dienone is 1. The molecule has 0 spiro atoms. The van der Waals surface area contributed by atoms with E-state index in [0.717, 1.165) is 55.7 Å². The third-order valence-corrected chi connectivity index (χ3v) is 5.48.